The van der Waals surface area contributed by atoms with Crippen molar-refractivity contribution in [2.24, 2.45) is 0 Å². The van der Waals surface area contributed by atoms with Gasteiger partial charge in [0, 0.05) is 14.5 Å². The van der Waals surface area contributed by atoms with Crippen LogP contribution in [0.2, 0.25) is 0 Å². The predicted octanol–water partition coefficient (Wildman–Crippen LogP) is 6.22. The number of hydrogen-bond acceptors (Lipinski definition) is 4. The van der Waals surface area contributed by atoms with Crippen LogP contribution < -0.4 is 4.74 Å². The summed E-state index contributed by atoms with van der Waals surface area (Å²) < 4.78 is 7.86. The Morgan fingerprint density at radius 2 is 1.85 bits per heavy atom. The molecule has 2 aromatic rings. The van der Waals surface area contributed by atoms with E-state index in [0.29, 0.717) is 16.2 Å². The van der Waals surface area contributed by atoms with E-state index in [1.165, 1.54) is 4.90 Å². The first-order chi connectivity index (χ1) is 12.4. The molecule has 1 heterocycles. The topological polar surface area (TPSA) is 46.6 Å². The second-order valence-corrected chi connectivity index (χ2v) is 8.99. The molecule has 3 rings (SSSR count). The highest BCUT2D eigenvalue weighted by atomic mass is 79.9. The third-order valence-corrected chi connectivity index (χ3v) is 6.42. The Morgan fingerprint density at radius 3 is 2.54 bits per heavy atom. The Morgan fingerprint density at radius 1 is 1.12 bits per heavy atom. The summed E-state index contributed by atoms with van der Waals surface area (Å²) in [4.78, 5) is 26.7. The average Bonchev–Trinajstić information content (AvgIpc) is 2.84. The SMILES string of the molecule is COc1c(Br)cc(Br)cc1/C=C1/SC(=O)N(Cc2ccccc2Br)C1=O. The number of carbonyl (C=O) groups excluding carboxylic acids is 2. The van der Waals surface area contributed by atoms with Gasteiger partial charge in [0.05, 0.1) is 23.0 Å². The van der Waals surface area contributed by atoms with Crippen LogP contribution in [0, 0.1) is 0 Å². The predicted molar refractivity (Wildman–Crippen MR) is 114 cm³/mol. The number of benzene rings is 2. The quantitative estimate of drug-likeness (QED) is 0.416. The lowest BCUT2D eigenvalue weighted by Crippen LogP contribution is -2.27. The Hall–Kier alpha value is -1.09. The summed E-state index contributed by atoms with van der Waals surface area (Å²) in [5, 5.41) is -0.287. The number of thioether (sulfide) groups is 1. The number of ether oxygens (including phenoxy) is 1. The van der Waals surface area contributed by atoms with E-state index in [1.807, 2.05) is 36.4 Å². The van der Waals surface area contributed by atoms with Gasteiger partial charge in [-0.3, -0.25) is 14.5 Å². The van der Waals surface area contributed by atoms with Crippen LogP contribution in [0.3, 0.4) is 0 Å². The molecule has 1 aliphatic heterocycles. The lowest BCUT2D eigenvalue weighted by atomic mass is 10.1. The van der Waals surface area contributed by atoms with Gasteiger partial charge in [-0.2, -0.15) is 0 Å². The van der Waals surface area contributed by atoms with E-state index < -0.39 is 0 Å². The highest BCUT2D eigenvalue weighted by Gasteiger charge is 2.35. The third kappa shape index (κ3) is 4.08. The van der Waals surface area contributed by atoms with Crippen LogP contribution in [-0.2, 0) is 11.3 Å². The van der Waals surface area contributed by atoms with Crippen LogP contribution >= 0.6 is 59.6 Å². The van der Waals surface area contributed by atoms with E-state index in [0.717, 1.165) is 30.7 Å². The van der Waals surface area contributed by atoms with E-state index in [1.54, 1.807) is 13.2 Å². The van der Waals surface area contributed by atoms with Crippen LogP contribution in [0.5, 0.6) is 5.75 Å². The molecular weight excluding hydrogens is 550 g/mol. The molecule has 2 amide bonds. The molecule has 0 N–H and O–H groups in total. The molecule has 26 heavy (non-hydrogen) atoms. The monoisotopic (exact) mass is 559 g/mol. The van der Waals surface area contributed by atoms with Crippen LogP contribution in [0.1, 0.15) is 11.1 Å². The fourth-order valence-corrected chi connectivity index (χ4v) is 5.14. The van der Waals surface area contributed by atoms with Crippen molar-refractivity contribution in [2.45, 2.75) is 6.54 Å². The fraction of sp³-hybridized carbons (Fsp3) is 0.111. The molecule has 1 saturated heterocycles. The lowest BCUT2D eigenvalue weighted by molar-refractivity contribution is -0.123. The van der Waals surface area contributed by atoms with Crippen LogP contribution in [0.15, 0.2) is 54.7 Å². The summed E-state index contributed by atoms with van der Waals surface area (Å²) in [5.74, 6) is 0.291. The van der Waals surface area contributed by atoms with Crippen molar-refractivity contribution in [1.29, 1.82) is 0 Å². The van der Waals surface area contributed by atoms with Crippen molar-refractivity contribution in [2.75, 3.05) is 7.11 Å². The Bertz CT molecular complexity index is 930. The molecule has 0 aliphatic carbocycles. The smallest absolute Gasteiger partial charge is 0.293 e. The number of methoxy groups -OCH3 is 1. The van der Waals surface area contributed by atoms with E-state index in [4.69, 9.17) is 4.74 Å². The minimum atomic E-state index is -0.311. The summed E-state index contributed by atoms with van der Waals surface area (Å²) in [6, 6.07) is 11.2. The van der Waals surface area contributed by atoms with Gasteiger partial charge >= 0.3 is 0 Å². The maximum atomic E-state index is 12.7. The van der Waals surface area contributed by atoms with Gasteiger partial charge in [-0.05, 0) is 57.5 Å². The fourth-order valence-electron chi connectivity index (χ4n) is 2.48. The molecule has 0 spiro atoms. The van der Waals surface area contributed by atoms with Crippen molar-refractivity contribution in [3.8, 4) is 5.75 Å². The van der Waals surface area contributed by atoms with E-state index in [-0.39, 0.29) is 17.7 Å². The van der Waals surface area contributed by atoms with Crippen molar-refractivity contribution in [3.63, 3.8) is 0 Å². The molecule has 0 radical (unpaired) electrons. The number of imide groups is 1. The molecule has 0 aromatic heterocycles. The Kier molecular flexibility index (Phi) is 6.27. The molecule has 1 fully saturated rings. The van der Waals surface area contributed by atoms with Gasteiger partial charge in [0.2, 0.25) is 0 Å². The van der Waals surface area contributed by atoms with Gasteiger partial charge in [-0.1, -0.05) is 50.1 Å². The van der Waals surface area contributed by atoms with Gasteiger partial charge in [-0.25, -0.2) is 0 Å². The van der Waals surface area contributed by atoms with Gasteiger partial charge in [0.15, 0.2) is 0 Å². The highest BCUT2D eigenvalue weighted by molar-refractivity contribution is 9.11. The zero-order valence-corrected chi connectivity index (χ0v) is 19.0. The molecule has 8 heteroatoms. The van der Waals surface area contributed by atoms with Crippen LogP contribution in [0.25, 0.3) is 6.08 Å². The summed E-state index contributed by atoms with van der Waals surface area (Å²) in [5.41, 5.74) is 1.58. The van der Waals surface area contributed by atoms with E-state index >= 15 is 0 Å². The lowest BCUT2D eigenvalue weighted by Gasteiger charge is -2.13. The largest absolute Gasteiger partial charge is 0.495 e. The summed E-state index contributed by atoms with van der Waals surface area (Å²) in [6.07, 6.45) is 1.68. The second kappa shape index (κ2) is 8.29. The minimum absolute atomic E-state index is 0.225. The molecule has 4 nitrogen and oxygen atoms in total. The van der Waals surface area contributed by atoms with E-state index in [2.05, 4.69) is 47.8 Å². The zero-order valence-electron chi connectivity index (χ0n) is 13.5. The minimum Gasteiger partial charge on any atom is -0.495 e. The summed E-state index contributed by atoms with van der Waals surface area (Å²) in [6.45, 7) is 0.225. The second-order valence-electron chi connectivity index (χ2n) is 5.37. The Balaban J connectivity index is 1.92. The number of carbonyl (C=O) groups is 2. The van der Waals surface area contributed by atoms with E-state index in [9.17, 15) is 9.59 Å². The van der Waals surface area contributed by atoms with Gasteiger partial charge < -0.3 is 4.74 Å². The number of halogens is 3. The molecule has 0 bridgehead atoms. The number of nitrogens with zero attached hydrogens (tertiary/aromatic N) is 1. The maximum Gasteiger partial charge on any atom is 0.293 e. The van der Waals surface area contributed by atoms with Crippen molar-refractivity contribution >= 4 is 76.8 Å². The molecule has 0 saturated carbocycles. The molecule has 0 unspecified atom stereocenters. The summed E-state index contributed by atoms with van der Waals surface area (Å²) >= 11 is 11.2. The van der Waals surface area contributed by atoms with Crippen molar-refractivity contribution in [1.82, 2.24) is 4.90 Å². The highest BCUT2D eigenvalue weighted by Crippen LogP contribution is 2.38. The van der Waals surface area contributed by atoms with Crippen molar-refractivity contribution < 1.29 is 14.3 Å². The molecule has 0 atom stereocenters. The first-order valence-electron chi connectivity index (χ1n) is 7.42. The first kappa shape index (κ1) is 19.7. The Labute approximate surface area is 180 Å². The maximum absolute atomic E-state index is 12.7. The standard InChI is InChI=1S/C18H12Br3NO3S/c1-25-16-11(6-12(19)8-14(16)21)7-15-17(23)22(18(24)26-15)9-10-4-2-3-5-13(10)20/h2-8H,9H2,1H3/b15-7+. The van der Waals surface area contributed by atoms with Gasteiger partial charge in [0.25, 0.3) is 11.1 Å². The van der Waals surface area contributed by atoms with Crippen LogP contribution in [0.4, 0.5) is 4.79 Å². The van der Waals surface area contributed by atoms with Gasteiger partial charge in [0.1, 0.15) is 5.75 Å². The third-order valence-electron chi connectivity index (χ3n) is 3.69. The average molecular weight is 562 g/mol. The number of hydrogen-bond donors (Lipinski definition) is 0. The number of amides is 2. The summed E-state index contributed by atoms with van der Waals surface area (Å²) in [7, 11) is 1.56. The van der Waals surface area contributed by atoms with Crippen molar-refractivity contribution in [3.05, 3.63) is 65.8 Å². The molecule has 1 aliphatic rings. The molecule has 134 valence electrons. The first-order valence-corrected chi connectivity index (χ1v) is 10.6. The molecule has 2 aromatic carbocycles. The molecular formula is C18H12Br3NO3S. The van der Waals surface area contributed by atoms with Gasteiger partial charge in [-0.15, -0.1) is 0 Å². The zero-order chi connectivity index (χ0) is 18.8. The number of rotatable bonds is 4. The normalized spacial score (nSPS) is 15.8. The van der Waals surface area contributed by atoms with Crippen LogP contribution in [-0.4, -0.2) is 23.2 Å².